The summed E-state index contributed by atoms with van der Waals surface area (Å²) in [6, 6.07) is 20.0. The molecule has 1 aromatic heterocycles. The number of hydrogen-bond donors (Lipinski definition) is 1. The molecule has 0 fully saturated rings. The molecule has 0 saturated carbocycles. The van der Waals surface area contributed by atoms with Crippen LogP contribution in [0.25, 0.3) is 21.8 Å². The smallest absolute Gasteiger partial charge is 0.241 e. The lowest BCUT2D eigenvalue weighted by atomic mass is 10.2. The van der Waals surface area contributed by atoms with Gasteiger partial charge in [-0.15, -0.1) is 0 Å². The predicted octanol–water partition coefficient (Wildman–Crippen LogP) is 4.36. The lowest BCUT2D eigenvalue weighted by Gasteiger charge is -2.12. The topological polar surface area (TPSA) is 74.1 Å². The van der Waals surface area contributed by atoms with E-state index in [1.165, 1.54) is 10.8 Å². The van der Waals surface area contributed by atoms with E-state index >= 15 is 0 Å². The van der Waals surface area contributed by atoms with Gasteiger partial charge in [0.2, 0.25) is 11.7 Å². The third-order valence-electron chi connectivity index (χ3n) is 5.33. The van der Waals surface area contributed by atoms with Gasteiger partial charge in [0.05, 0.1) is 27.5 Å². The number of fused-ring (bicyclic) bond motifs is 3. The first-order chi connectivity index (χ1) is 15.7. The maximum absolute atomic E-state index is 12.4. The van der Waals surface area contributed by atoms with Crippen LogP contribution in [0.3, 0.4) is 0 Å². The number of carbonyl (C=O) groups excluding carboxylic acids is 1. The van der Waals surface area contributed by atoms with Gasteiger partial charge < -0.3 is 18.8 Å². The van der Waals surface area contributed by atoms with Crippen LogP contribution in [0.4, 0.5) is 0 Å². The van der Waals surface area contributed by atoms with Crippen LogP contribution in [-0.4, -0.2) is 38.0 Å². The lowest BCUT2D eigenvalue weighted by Crippen LogP contribution is -2.19. The van der Waals surface area contributed by atoms with Crippen LogP contribution in [0.2, 0.25) is 0 Å². The second-order valence-corrected chi connectivity index (χ2v) is 7.19. The van der Waals surface area contributed by atoms with E-state index in [0.717, 1.165) is 11.0 Å². The molecule has 32 heavy (non-hydrogen) atoms. The monoisotopic (exact) mass is 431 g/mol. The number of nitrogens with one attached hydrogen (secondary N) is 1. The summed E-state index contributed by atoms with van der Waals surface area (Å²) >= 11 is 0. The SMILES string of the molecule is COc1cc(/C=N\NC(=O)CCn2c3ccccc3c3ccccc32)cc(OC)c1OC. The molecule has 3 aromatic carbocycles. The van der Waals surface area contributed by atoms with Gasteiger partial charge in [-0.2, -0.15) is 5.10 Å². The van der Waals surface area contributed by atoms with Gasteiger partial charge in [-0.3, -0.25) is 4.79 Å². The van der Waals surface area contributed by atoms with Crippen LogP contribution >= 0.6 is 0 Å². The average Bonchev–Trinajstić information content (AvgIpc) is 3.15. The number of hydrazone groups is 1. The van der Waals surface area contributed by atoms with E-state index in [0.29, 0.717) is 35.8 Å². The lowest BCUT2D eigenvalue weighted by molar-refractivity contribution is -0.121. The molecule has 7 nitrogen and oxygen atoms in total. The Hall–Kier alpha value is -4.00. The Balaban J connectivity index is 1.46. The van der Waals surface area contributed by atoms with Crippen LogP contribution in [0, 0.1) is 0 Å². The summed E-state index contributed by atoms with van der Waals surface area (Å²) in [5.74, 6) is 1.37. The Morgan fingerprint density at radius 2 is 1.47 bits per heavy atom. The molecule has 0 aliphatic rings. The molecule has 164 valence electrons. The summed E-state index contributed by atoms with van der Waals surface area (Å²) < 4.78 is 18.2. The van der Waals surface area contributed by atoms with E-state index in [4.69, 9.17) is 14.2 Å². The third kappa shape index (κ3) is 4.09. The number of nitrogens with zero attached hydrogens (tertiary/aromatic N) is 2. The fourth-order valence-corrected chi connectivity index (χ4v) is 3.87. The zero-order valence-corrected chi connectivity index (χ0v) is 18.3. The van der Waals surface area contributed by atoms with Crippen molar-refractivity contribution in [2.75, 3.05) is 21.3 Å². The van der Waals surface area contributed by atoms with Crippen LogP contribution < -0.4 is 19.6 Å². The van der Waals surface area contributed by atoms with Crippen molar-refractivity contribution in [2.24, 2.45) is 5.10 Å². The van der Waals surface area contributed by atoms with E-state index in [9.17, 15) is 4.79 Å². The maximum atomic E-state index is 12.4. The van der Waals surface area contributed by atoms with Crippen LogP contribution in [0.15, 0.2) is 65.8 Å². The highest BCUT2D eigenvalue weighted by Crippen LogP contribution is 2.37. The number of aromatic nitrogens is 1. The minimum atomic E-state index is -0.171. The average molecular weight is 431 g/mol. The van der Waals surface area contributed by atoms with Gasteiger partial charge in [-0.25, -0.2) is 5.43 Å². The molecule has 0 bridgehead atoms. The summed E-state index contributed by atoms with van der Waals surface area (Å²) in [5.41, 5.74) is 5.53. The summed E-state index contributed by atoms with van der Waals surface area (Å²) in [7, 11) is 4.65. The van der Waals surface area contributed by atoms with Crippen molar-refractivity contribution in [2.45, 2.75) is 13.0 Å². The van der Waals surface area contributed by atoms with Gasteiger partial charge in [0, 0.05) is 40.3 Å². The zero-order valence-electron chi connectivity index (χ0n) is 18.3. The molecule has 0 unspecified atom stereocenters. The molecule has 1 amide bonds. The van der Waals surface area contributed by atoms with Crippen molar-refractivity contribution in [1.29, 1.82) is 0 Å². The largest absolute Gasteiger partial charge is 0.493 e. The Morgan fingerprint density at radius 1 is 0.906 bits per heavy atom. The van der Waals surface area contributed by atoms with E-state index in [2.05, 4.69) is 39.4 Å². The molecular formula is C25H25N3O4. The third-order valence-corrected chi connectivity index (χ3v) is 5.33. The van der Waals surface area contributed by atoms with E-state index in [1.807, 2.05) is 24.3 Å². The molecule has 0 aliphatic carbocycles. The summed E-state index contributed by atoms with van der Waals surface area (Å²) in [6.45, 7) is 0.555. The van der Waals surface area contributed by atoms with E-state index < -0.39 is 0 Å². The second kappa shape index (κ2) is 9.43. The van der Waals surface area contributed by atoms with Crippen molar-refractivity contribution >= 4 is 33.9 Å². The standard InChI is InChI=1S/C25H25N3O4/c1-30-22-14-17(15-23(31-2)25(22)32-3)16-26-27-24(29)12-13-28-20-10-6-4-8-18(20)19-9-5-7-11-21(19)28/h4-11,14-16H,12-13H2,1-3H3,(H,27,29)/b26-16-. The van der Waals surface area contributed by atoms with Gasteiger partial charge in [0.25, 0.3) is 0 Å². The number of benzene rings is 3. The molecule has 0 aliphatic heterocycles. The molecule has 4 aromatic rings. The fraction of sp³-hybridized carbons (Fsp3) is 0.200. The van der Waals surface area contributed by atoms with Crippen LogP contribution in [0.1, 0.15) is 12.0 Å². The minimum Gasteiger partial charge on any atom is -0.493 e. The number of rotatable bonds is 8. The molecule has 0 spiro atoms. The zero-order chi connectivity index (χ0) is 22.5. The first-order valence-electron chi connectivity index (χ1n) is 10.2. The van der Waals surface area contributed by atoms with Crippen molar-refractivity contribution in [3.8, 4) is 17.2 Å². The highest BCUT2D eigenvalue weighted by molar-refractivity contribution is 6.08. The van der Waals surface area contributed by atoms with Crippen molar-refractivity contribution in [3.63, 3.8) is 0 Å². The summed E-state index contributed by atoms with van der Waals surface area (Å²) in [6.07, 6.45) is 1.85. The van der Waals surface area contributed by atoms with Crippen molar-refractivity contribution < 1.29 is 19.0 Å². The van der Waals surface area contributed by atoms with Gasteiger partial charge in [0.1, 0.15) is 0 Å². The molecule has 4 rings (SSSR count). The van der Waals surface area contributed by atoms with Gasteiger partial charge >= 0.3 is 0 Å². The van der Waals surface area contributed by atoms with Crippen LogP contribution in [0.5, 0.6) is 17.2 Å². The van der Waals surface area contributed by atoms with E-state index in [-0.39, 0.29) is 5.91 Å². The number of ether oxygens (including phenoxy) is 3. The highest BCUT2D eigenvalue weighted by Gasteiger charge is 2.13. The first-order valence-corrected chi connectivity index (χ1v) is 10.2. The fourth-order valence-electron chi connectivity index (χ4n) is 3.87. The number of amides is 1. The summed E-state index contributed by atoms with van der Waals surface area (Å²) in [5, 5.41) is 6.46. The van der Waals surface area contributed by atoms with E-state index in [1.54, 1.807) is 39.7 Å². The Labute approximate surface area is 186 Å². The molecule has 0 atom stereocenters. The van der Waals surface area contributed by atoms with Gasteiger partial charge in [-0.05, 0) is 24.3 Å². The molecular weight excluding hydrogens is 406 g/mol. The van der Waals surface area contributed by atoms with Crippen LogP contribution in [-0.2, 0) is 11.3 Å². The van der Waals surface area contributed by atoms with Crippen molar-refractivity contribution in [1.82, 2.24) is 9.99 Å². The Kier molecular flexibility index (Phi) is 6.26. The summed E-state index contributed by atoms with van der Waals surface area (Å²) in [4.78, 5) is 12.4. The highest BCUT2D eigenvalue weighted by atomic mass is 16.5. The molecule has 0 radical (unpaired) electrons. The number of methoxy groups -OCH3 is 3. The number of para-hydroxylation sites is 2. The number of hydrogen-bond acceptors (Lipinski definition) is 5. The first kappa shape index (κ1) is 21.2. The minimum absolute atomic E-state index is 0.171. The molecule has 0 saturated heterocycles. The number of carbonyl (C=O) groups is 1. The van der Waals surface area contributed by atoms with Gasteiger partial charge in [0.15, 0.2) is 11.5 Å². The normalized spacial score (nSPS) is 11.2. The molecule has 1 N–H and O–H groups in total. The van der Waals surface area contributed by atoms with Gasteiger partial charge in [-0.1, -0.05) is 36.4 Å². The van der Waals surface area contributed by atoms with Crippen molar-refractivity contribution in [3.05, 3.63) is 66.2 Å². The maximum Gasteiger partial charge on any atom is 0.241 e. The Morgan fingerprint density at radius 3 is 2.00 bits per heavy atom. The number of aryl methyl sites for hydroxylation is 1. The predicted molar refractivity (Wildman–Crippen MR) is 126 cm³/mol. The Bertz CT molecular complexity index is 1210. The molecule has 1 heterocycles. The second-order valence-electron chi connectivity index (χ2n) is 7.19. The molecule has 7 heteroatoms. The quantitative estimate of drug-likeness (QED) is 0.332.